The Morgan fingerprint density at radius 3 is 2.50 bits per heavy atom. The quantitative estimate of drug-likeness (QED) is 0.474. The van der Waals surface area contributed by atoms with Crippen molar-refractivity contribution in [2.24, 2.45) is 0 Å². The molecule has 28 heavy (non-hydrogen) atoms. The predicted octanol–water partition coefficient (Wildman–Crippen LogP) is 4.19. The van der Waals surface area contributed by atoms with E-state index in [9.17, 15) is 9.59 Å². The summed E-state index contributed by atoms with van der Waals surface area (Å²) in [5.74, 6) is 1.35. The highest BCUT2D eigenvalue weighted by molar-refractivity contribution is 8.00. The van der Waals surface area contributed by atoms with E-state index in [1.165, 1.54) is 18.7 Å². The molecular weight excluding hydrogens is 376 g/mol. The van der Waals surface area contributed by atoms with Crippen LogP contribution < -0.4 is 5.32 Å². The number of amides is 1. The zero-order valence-electron chi connectivity index (χ0n) is 16.2. The molecule has 0 bridgehead atoms. The summed E-state index contributed by atoms with van der Waals surface area (Å²) in [5.41, 5.74) is 2.15. The highest BCUT2D eigenvalue weighted by atomic mass is 32.2. The average molecular weight is 398 g/mol. The lowest BCUT2D eigenvalue weighted by molar-refractivity contribution is -0.115. The van der Waals surface area contributed by atoms with Crippen molar-refractivity contribution in [2.45, 2.75) is 44.6 Å². The molecule has 7 nitrogen and oxygen atoms in total. The third-order valence-electron chi connectivity index (χ3n) is 4.34. The number of hydrogen-bond donors (Lipinski definition) is 1. The van der Waals surface area contributed by atoms with Crippen molar-refractivity contribution in [3.63, 3.8) is 0 Å². The summed E-state index contributed by atoms with van der Waals surface area (Å²) in [6.45, 7) is 7.89. The van der Waals surface area contributed by atoms with Crippen LogP contribution in [-0.2, 0) is 11.3 Å². The van der Waals surface area contributed by atoms with Gasteiger partial charge in [0, 0.05) is 17.8 Å². The maximum atomic E-state index is 12.6. The van der Waals surface area contributed by atoms with E-state index in [1.54, 1.807) is 30.5 Å². The van der Waals surface area contributed by atoms with Crippen LogP contribution in [0.3, 0.4) is 0 Å². The third-order valence-corrected chi connectivity index (χ3v) is 5.42. The molecule has 3 rings (SSSR count). The Hall–Kier alpha value is -2.87. The van der Waals surface area contributed by atoms with Gasteiger partial charge in [-0.05, 0) is 58.0 Å². The molecule has 3 aromatic rings. The maximum Gasteiger partial charge on any atom is 0.237 e. The van der Waals surface area contributed by atoms with Gasteiger partial charge in [0.1, 0.15) is 5.76 Å². The molecule has 1 aromatic carbocycles. The lowest BCUT2D eigenvalue weighted by atomic mass is 10.1. The number of anilines is 1. The second-order valence-corrected chi connectivity index (χ2v) is 7.63. The van der Waals surface area contributed by atoms with Crippen LogP contribution in [0, 0.1) is 6.92 Å². The van der Waals surface area contributed by atoms with Crippen molar-refractivity contribution in [1.29, 1.82) is 0 Å². The minimum Gasteiger partial charge on any atom is -0.469 e. The van der Waals surface area contributed by atoms with Crippen LogP contribution in [0.15, 0.2) is 46.2 Å². The first-order valence-electron chi connectivity index (χ1n) is 8.97. The number of furan rings is 1. The third kappa shape index (κ3) is 4.17. The fraction of sp³-hybridized carbons (Fsp3) is 0.300. The summed E-state index contributed by atoms with van der Waals surface area (Å²) in [5, 5.41) is 11.7. The molecule has 2 aromatic heterocycles. The normalized spacial score (nSPS) is 12.0. The summed E-state index contributed by atoms with van der Waals surface area (Å²) >= 11 is 1.35. The Balaban J connectivity index is 1.71. The summed E-state index contributed by atoms with van der Waals surface area (Å²) in [7, 11) is 0. The maximum absolute atomic E-state index is 12.6. The van der Waals surface area contributed by atoms with E-state index in [4.69, 9.17) is 4.42 Å². The summed E-state index contributed by atoms with van der Waals surface area (Å²) in [6.07, 6.45) is 1.62. The van der Waals surface area contributed by atoms with E-state index < -0.39 is 0 Å². The number of carbonyl (C=O) groups excluding carboxylic acids is 2. The highest BCUT2D eigenvalue weighted by Gasteiger charge is 2.21. The molecule has 146 valence electrons. The second kappa shape index (κ2) is 8.43. The van der Waals surface area contributed by atoms with Crippen LogP contribution in [0.4, 0.5) is 5.69 Å². The van der Waals surface area contributed by atoms with Gasteiger partial charge < -0.3 is 14.3 Å². The topological polar surface area (TPSA) is 90.0 Å². The number of Topliss-reactive ketones (excluding diaryl/α,β-unsaturated/α-hetero) is 1. The summed E-state index contributed by atoms with van der Waals surface area (Å²) in [4.78, 5) is 23.9. The molecule has 0 spiro atoms. The fourth-order valence-electron chi connectivity index (χ4n) is 2.72. The van der Waals surface area contributed by atoms with E-state index >= 15 is 0 Å². The van der Waals surface area contributed by atoms with Gasteiger partial charge in [0.05, 0.1) is 17.1 Å². The number of aromatic nitrogens is 3. The van der Waals surface area contributed by atoms with Gasteiger partial charge in [-0.15, -0.1) is 10.2 Å². The monoisotopic (exact) mass is 398 g/mol. The van der Waals surface area contributed by atoms with E-state index in [2.05, 4.69) is 15.5 Å². The number of thioether (sulfide) groups is 1. The molecule has 0 saturated carbocycles. The first-order chi connectivity index (χ1) is 13.4. The predicted molar refractivity (Wildman–Crippen MR) is 109 cm³/mol. The molecule has 0 radical (unpaired) electrons. The molecule has 1 amide bonds. The van der Waals surface area contributed by atoms with E-state index in [-0.39, 0.29) is 16.9 Å². The summed E-state index contributed by atoms with van der Waals surface area (Å²) in [6, 6.07) is 8.70. The molecule has 8 heteroatoms. The minimum atomic E-state index is -0.375. The van der Waals surface area contributed by atoms with Crippen molar-refractivity contribution < 1.29 is 14.0 Å². The van der Waals surface area contributed by atoms with Crippen LogP contribution in [0.1, 0.15) is 36.9 Å². The lowest BCUT2D eigenvalue weighted by Crippen LogP contribution is -2.23. The largest absolute Gasteiger partial charge is 0.469 e. The number of aryl methyl sites for hydroxylation is 1. The smallest absolute Gasteiger partial charge is 0.237 e. The van der Waals surface area contributed by atoms with Crippen molar-refractivity contribution in [2.75, 3.05) is 5.32 Å². The van der Waals surface area contributed by atoms with E-state index in [1.807, 2.05) is 31.4 Å². The number of nitrogens with one attached hydrogen (secondary N) is 1. The molecule has 0 aliphatic rings. The van der Waals surface area contributed by atoms with E-state index in [0.29, 0.717) is 23.0 Å². The van der Waals surface area contributed by atoms with Gasteiger partial charge in [-0.1, -0.05) is 11.8 Å². The first kappa shape index (κ1) is 19.9. The van der Waals surface area contributed by atoms with Crippen molar-refractivity contribution in [1.82, 2.24) is 14.8 Å². The van der Waals surface area contributed by atoms with Crippen molar-refractivity contribution in [3.8, 4) is 11.4 Å². The lowest BCUT2D eigenvalue weighted by Gasteiger charge is -2.13. The van der Waals surface area contributed by atoms with Gasteiger partial charge in [-0.2, -0.15) is 0 Å². The number of rotatable bonds is 7. The molecular formula is C20H22N4O3S. The molecule has 1 atom stereocenters. The Kier molecular flexibility index (Phi) is 5.99. The first-order valence-corrected chi connectivity index (χ1v) is 9.84. The fourth-order valence-corrected chi connectivity index (χ4v) is 3.63. The second-order valence-electron chi connectivity index (χ2n) is 6.32. The van der Waals surface area contributed by atoms with Crippen LogP contribution in [-0.4, -0.2) is 31.7 Å². The van der Waals surface area contributed by atoms with Crippen molar-refractivity contribution >= 4 is 29.1 Å². The van der Waals surface area contributed by atoms with Crippen LogP contribution >= 0.6 is 11.8 Å². The number of benzene rings is 1. The van der Waals surface area contributed by atoms with Crippen LogP contribution in [0.5, 0.6) is 0 Å². The molecule has 0 saturated heterocycles. The molecule has 0 unspecified atom stereocenters. The standard InChI is InChI=1S/C20H22N4O3S/c1-5-24-18(17-10-11-27-13(17)3)22-23-20(24)28-14(4)19(26)21-16-8-6-15(7-9-16)12(2)25/h6-11,14H,5H2,1-4H3,(H,21,26)/t14-/m0/s1. The molecule has 2 heterocycles. The van der Waals surface area contributed by atoms with Crippen LogP contribution in [0.2, 0.25) is 0 Å². The SMILES string of the molecule is CCn1c(S[C@@H](C)C(=O)Nc2ccc(C(C)=O)cc2)nnc1-c1ccoc1C. The Labute approximate surface area is 167 Å². The summed E-state index contributed by atoms with van der Waals surface area (Å²) < 4.78 is 7.33. The number of hydrogen-bond acceptors (Lipinski definition) is 6. The van der Waals surface area contributed by atoms with Gasteiger partial charge in [0.25, 0.3) is 0 Å². The van der Waals surface area contributed by atoms with Gasteiger partial charge in [0.15, 0.2) is 16.8 Å². The minimum absolute atomic E-state index is 0.00985. The molecule has 0 aliphatic heterocycles. The number of carbonyl (C=O) groups is 2. The Morgan fingerprint density at radius 2 is 1.93 bits per heavy atom. The Morgan fingerprint density at radius 1 is 1.21 bits per heavy atom. The van der Waals surface area contributed by atoms with Gasteiger partial charge >= 0.3 is 0 Å². The Bertz CT molecular complexity index is 991. The number of nitrogens with zero attached hydrogens (tertiary/aromatic N) is 3. The average Bonchev–Trinajstić information content (AvgIpc) is 3.27. The zero-order valence-corrected chi connectivity index (χ0v) is 17.0. The van der Waals surface area contributed by atoms with Crippen molar-refractivity contribution in [3.05, 3.63) is 47.9 Å². The zero-order chi connectivity index (χ0) is 20.3. The molecule has 0 aliphatic carbocycles. The molecule has 0 fully saturated rings. The number of ketones is 1. The van der Waals surface area contributed by atoms with Gasteiger partial charge in [0.2, 0.25) is 5.91 Å². The van der Waals surface area contributed by atoms with Gasteiger partial charge in [-0.3, -0.25) is 9.59 Å². The van der Waals surface area contributed by atoms with Crippen LogP contribution in [0.25, 0.3) is 11.4 Å². The highest BCUT2D eigenvalue weighted by Crippen LogP contribution is 2.29. The van der Waals surface area contributed by atoms with Gasteiger partial charge in [-0.25, -0.2) is 0 Å². The van der Waals surface area contributed by atoms with E-state index in [0.717, 1.165) is 17.1 Å². The molecule has 1 N–H and O–H groups in total.